The van der Waals surface area contributed by atoms with E-state index in [1.807, 2.05) is 6.92 Å². The van der Waals surface area contributed by atoms with Gasteiger partial charge >= 0.3 is 0 Å². The number of carbonyl (C=O) groups excluding carboxylic acids is 1. The van der Waals surface area contributed by atoms with Crippen molar-refractivity contribution < 1.29 is 13.2 Å². The highest BCUT2D eigenvalue weighted by atomic mass is 35.7. The fraction of sp³-hybridized carbons (Fsp3) is 0.417. The average molecular weight is 290 g/mol. The smallest absolute Gasteiger partial charge is 0.261 e. The van der Waals surface area contributed by atoms with Crippen molar-refractivity contribution in [3.63, 3.8) is 0 Å². The zero-order valence-corrected chi connectivity index (χ0v) is 12.0. The number of nitrogens with zero attached hydrogens (tertiary/aromatic N) is 1. The van der Waals surface area contributed by atoms with Gasteiger partial charge in [-0.05, 0) is 30.7 Å². The van der Waals surface area contributed by atoms with Crippen LogP contribution in [-0.4, -0.2) is 21.4 Å². The van der Waals surface area contributed by atoms with Crippen molar-refractivity contribution in [3.8, 4) is 0 Å². The highest BCUT2D eigenvalue weighted by Crippen LogP contribution is 2.20. The van der Waals surface area contributed by atoms with Crippen LogP contribution in [0.3, 0.4) is 0 Å². The van der Waals surface area contributed by atoms with Crippen molar-refractivity contribution in [3.05, 3.63) is 24.3 Å². The van der Waals surface area contributed by atoms with Gasteiger partial charge in [0.2, 0.25) is 5.91 Å². The minimum Gasteiger partial charge on any atom is -0.316 e. The van der Waals surface area contributed by atoms with Crippen LogP contribution in [0.4, 0.5) is 5.69 Å². The predicted molar refractivity (Wildman–Crippen MR) is 72.4 cm³/mol. The maximum atomic E-state index is 11.8. The molecule has 100 valence electrons. The number of halogens is 1. The van der Waals surface area contributed by atoms with Crippen molar-refractivity contribution in [2.75, 3.05) is 11.9 Å². The number of amides is 1. The van der Waals surface area contributed by atoms with E-state index in [-0.39, 0.29) is 10.8 Å². The largest absolute Gasteiger partial charge is 0.316 e. The van der Waals surface area contributed by atoms with Crippen LogP contribution in [0.1, 0.15) is 26.2 Å². The van der Waals surface area contributed by atoms with Gasteiger partial charge in [0.25, 0.3) is 9.05 Å². The first-order valence-electron chi connectivity index (χ1n) is 5.67. The number of hydrogen-bond donors (Lipinski definition) is 0. The Hall–Kier alpha value is -1.07. The van der Waals surface area contributed by atoms with Gasteiger partial charge in [-0.2, -0.15) is 0 Å². The fourth-order valence-corrected chi connectivity index (χ4v) is 2.24. The summed E-state index contributed by atoms with van der Waals surface area (Å²) >= 11 is 0. The van der Waals surface area contributed by atoms with Crippen LogP contribution in [0.15, 0.2) is 29.2 Å². The molecule has 1 aromatic carbocycles. The van der Waals surface area contributed by atoms with E-state index in [0.717, 1.165) is 12.8 Å². The monoisotopic (exact) mass is 289 g/mol. The molecule has 0 saturated heterocycles. The molecule has 18 heavy (non-hydrogen) atoms. The molecule has 0 heterocycles. The molecule has 0 spiro atoms. The Morgan fingerprint density at radius 1 is 1.28 bits per heavy atom. The molecule has 1 rings (SSSR count). The minimum absolute atomic E-state index is 0.0123. The molecule has 0 aliphatic carbocycles. The van der Waals surface area contributed by atoms with Gasteiger partial charge in [-0.15, -0.1) is 0 Å². The van der Waals surface area contributed by atoms with Crippen LogP contribution < -0.4 is 4.90 Å². The summed E-state index contributed by atoms with van der Waals surface area (Å²) in [6.07, 6.45) is 2.29. The molecule has 0 aliphatic heterocycles. The van der Waals surface area contributed by atoms with E-state index in [9.17, 15) is 13.2 Å². The van der Waals surface area contributed by atoms with Gasteiger partial charge in [0.15, 0.2) is 0 Å². The molecule has 0 unspecified atom stereocenters. The number of anilines is 1. The number of carbonyl (C=O) groups is 1. The second kappa shape index (κ2) is 6.20. The molecule has 4 nitrogen and oxygen atoms in total. The molecule has 0 N–H and O–H groups in total. The quantitative estimate of drug-likeness (QED) is 0.783. The van der Waals surface area contributed by atoms with Crippen LogP contribution in [0, 0.1) is 0 Å². The molecule has 0 atom stereocenters. The lowest BCUT2D eigenvalue weighted by Crippen LogP contribution is -2.25. The van der Waals surface area contributed by atoms with Crippen molar-refractivity contribution in [2.24, 2.45) is 0 Å². The van der Waals surface area contributed by atoms with E-state index in [0.29, 0.717) is 12.1 Å². The first kappa shape index (κ1) is 15.0. The summed E-state index contributed by atoms with van der Waals surface area (Å²) in [6.45, 7) is 2.02. The van der Waals surface area contributed by atoms with E-state index in [4.69, 9.17) is 10.7 Å². The Kier molecular flexibility index (Phi) is 5.16. The Labute approximate surface area is 112 Å². The van der Waals surface area contributed by atoms with Gasteiger partial charge in [-0.1, -0.05) is 13.3 Å². The normalized spacial score (nSPS) is 11.3. The SMILES string of the molecule is CCCCC(=O)N(C)c1ccc(S(=O)(=O)Cl)cc1. The lowest BCUT2D eigenvalue weighted by Gasteiger charge is -2.17. The summed E-state index contributed by atoms with van der Waals surface area (Å²) in [7, 11) is 3.17. The van der Waals surface area contributed by atoms with E-state index < -0.39 is 9.05 Å². The van der Waals surface area contributed by atoms with Crippen LogP contribution in [0.2, 0.25) is 0 Å². The molecule has 0 fully saturated rings. The Balaban J connectivity index is 2.82. The summed E-state index contributed by atoms with van der Waals surface area (Å²) in [5.41, 5.74) is 0.653. The predicted octanol–water partition coefficient (Wildman–Crippen LogP) is 2.77. The summed E-state index contributed by atoms with van der Waals surface area (Å²) in [5, 5.41) is 0. The highest BCUT2D eigenvalue weighted by Gasteiger charge is 2.13. The lowest BCUT2D eigenvalue weighted by atomic mass is 10.2. The zero-order valence-electron chi connectivity index (χ0n) is 10.4. The Morgan fingerprint density at radius 3 is 2.28 bits per heavy atom. The van der Waals surface area contributed by atoms with Crippen molar-refractivity contribution >= 4 is 31.3 Å². The molecule has 1 amide bonds. The third kappa shape index (κ3) is 3.99. The molecular weight excluding hydrogens is 274 g/mol. The molecule has 0 bridgehead atoms. The van der Waals surface area contributed by atoms with Gasteiger partial charge in [0.05, 0.1) is 4.90 Å². The minimum atomic E-state index is -3.71. The Bertz CT molecular complexity index is 511. The number of hydrogen-bond acceptors (Lipinski definition) is 3. The summed E-state index contributed by atoms with van der Waals surface area (Å²) in [5.74, 6) is 0.0123. The maximum absolute atomic E-state index is 11.8. The van der Waals surface area contributed by atoms with Crippen LogP contribution in [0.5, 0.6) is 0 Å². The molecule has 0 aromatic heterocycles. The molecule has 6 heteroatoms. The maximum Gasteiger partial charge on any atom is 0.261 e. The van der Waals surface area contributed by atoms with Crippen molar-refractivity contribution in [2.45, 2.75) is 31.1 Å². The third-order valence-electron chi connectivity index (χ3n) is 2.62. The molecule has 0 radical (unpaired) electrons. The summed E-state index contributed by atoms with van der Waals surface area (Å²) in [6, 6.07) is 5.92. The van der Waals surface area contributed by atoms with E-state index >= 15 is 0 Å². The number of benzene rings is 1. The first-order chi connectivity index (χ1) is 8.36. The fourth-order valence-electron chi connectivity index (χ4n) is 1.47. The molecule has 0 aliphatic rings. The standard InChI is InChI=1S/C12H16ClNO3S/c1-3-4-5-12(15)14(2)10-6-8-11(9-7-10)18(13,16)17/h6-9H,3-5H2,1-2H3. The van der Waals surface area contributed by atoms with E-state index in [1.165, 1.54) is 17.0 Å². The topological polar surface area (TPSA) is 54.5 Å². The molecule has 0 saturated carbocycles. The lowest BCUT2D eigenvalue weighted by molar-refractivity contribution is -0.118. The first-order valence-corrected chi connectivity index (χ1v) is 7.98. The average Bonchev–Trinajstić information content (AvgIpc) is 2.34. The summed E-state index contributed by atoms with van der Waals surface area (Å²) in [4.78, 5) is 13.3. The van der Waals surface area contributed by atoms with Crippen LogP contribution in [-0.2, 0) is 13.8 Å². The third-order valence-corrected chi connectivity index (χ3v) is 3.99. The number of rotatable bonds is 5. The molecular formula is C12H16ClNO3S. The van der Waals surface area contributed by atoms with E-state index in [1.54, 1.807) is 19.2 Å². The molecule has 1 aromatic rings. The van der Waals surface area contributed by atoms with E-state index in [2.05, 4.69) is 0 Å². The summed E-state index contributed by atoms with van der Waals surface area (Å²) < 4.78 is 22.1. The van der Waals surface area contributed by atoms with Crippen molar-refractivity contribution in [1.29, 1.82) is 0 Å². The van der Waals surface area contributed by atoms with Gasteiger partial charge in [-0.3, -0.25) is 4.79 Å². The van der Waals surface area contributed by atoms with Crippen LogP contribution >= 0.6 is 10.7 Å². The van der Waals surface area contributed by atoms with Gasteiger partial charge < -0.3 is 4.90 Å². The second-order valence-corrected chi connectivity index (χ2v) is 6.55. The van der Waals surface area contributed by atoms with Crippen LogP contribution in [0.25, 0.3) is 0 Å². The highest BCUT2D eigenvalue weighted by molar-refractivity contribution is 8.13. The zero-order chi connectivity index (χ0) is 13.8. The van der Waals surface area contributed by atoms with Gasteiger partial charge in [-0.25, -0.2) is 8.42 Å². The van der Waals surface area contributed by atoms with Crippen molar-refractivity contribution in [1.82, 2.24) is 0 Å². The van der Waals surface area contributed by atoms with Gasteiger partial charge in [0.1, 0.15) is 0 Å². The Morgan fingerprint density at radius 2 is 1.83 bits per heavy atom. The number of unbranched alkanes of at least 4 members (excludes halogenated alkanes) is 1. The second-order valence-electron chi connectivity index (χ2n) is 3.99. The van der Waals surface area contributed by atoms with Gasteiger partial charge in [0, 0.05) is 29.8 Å².